The van der Waals surface area contributed by atoms with E-state index in [9.17, 15) is 0 Å². The van der Waals surface area contributed by atoms with Crippen molar-refractivity contribution in [2.24, 2.45) is 0 Å². The summed E-state index contributed by atoms with van der Waals surface area (Å²) in [6.07, 6.45) is -17.0. The van der Waals surface area contributed by atoms with E-state index in [1.807, 2.05) is 0 Å². The molecule has 1 heteroatoms. The first-order valence-electron chi connectivity index (χ1n) is 9.92. The van der Waals surface area contributed by atoms with Gasteiger partial charge in [-0.3, -0.25) is 4.90 Å². The van der Waals surface area contributed by atoms with Crippen molar-refractivity contribution in [3.63, 3.8) is 0 Å². The molecule has 12 heavy (non-hydrogen) atoms. The number of piperidine rings is 1. The van der Waals surface area contributed by atoms with Gasteiger partial charge in [-0.15, -0.1) is 0 Å². The van der Waals surface area contributed by atoms with E-state index in [0.29, 0.717) is 4.90 Å². The summed E-state index contributed by atoms with van der Waals surface area (Å²) in [5, 5.41) is 0. The van der Waals surface area contributed by atoms with E-state index in [1.54, 1.807) is 0 Å². The van der Waals surface area contributed by atoms with Gasteiger partial charge in [0.15, 0.2) is 0 Å². The van der Waals surface area contributed by atoms with Crippen LogP contribution in [-0.4, -0.2) is 22.5 Å². The highest BCUT2D eigenvalue weighted by molar-refractivity contribution is 4.97. The largest absolute Gasteiger partial charge is 0.293 e. The molecule has 2 saturated heterocycles. The Morgan fingerprint density at radius 1 is 1.17 bits per heavy atom. The predicted octanol–water partition coefficient (Wildman–Crippen LogP) is 2.80. The summed E-state index contributed by atoms with van der Waals surface area (Å²) in [5.41, 5.74) is -1.38. The van der Waals surface area contributed by atoms with E-state index in [2.05, 4.69) is 0 Å². The highest BCUT2D eigenvalue weighted by atomic mass is 15.3. The molecule has 0 saturated carbocycles. The predicted molar refractivity (Wildman–Crippen MR) is 52.3 cm³/mol. The Balaban J connectivity index is 3.11. The van der Waals surface area contributed by atoms with Gasteiger partial charge >= 0.3 is 0 Å². The molecule has 2 unspecified atom stereocenters. The zero-order valence-electron chi connectivity index (χ0n) is 19.4. The van der Waals surface area contributed by atoms with Crippen molar-refractivity contribution in [3.05, 3.63) is 0 Å². The molecule has 2 bridgehead atoms. The molecule has 0 aromatic carbocycles. The number of hydrogen-bond donors (Lipinski definition) is 0. The quantitative estimate of drug-likeness (QED) is 0.553. The van der Waals surface area contributed by atoms with Crippen LogP contribution in [-0.2, 0) is 0 Å². The molecule has 0 radical (unpaired) electrons. The van der Waals surface area contributed by atoms with E-state index < -0.39 is 49.4 Å². The number of nitrogens with zero attached hydrogens (tertiary/aromatic N) is 1. The lowest BCUT2D eigenvalue weighted by atomic mass is 9.95. The van der Waals surface area contributed by atoms with Gasteiger partial charge in [0, 0.05) is 34.0 Å². The third-order valence-electron chi connectivity index (χ3n) is 1.78. The Kier molecular flexibility index (Phi) is 0.524. The van der Waals surface area contributed by atoms with Gasteiger partial charge in [-0.05, 0) is 46.3 Å². The molecule has 0 amide bonds. The minimum Gasteiger partial charge on any atom is -0.293 e. The van der Waals surface area contributed by atoms with Gasteiger partial charge in [-0.1, -0.05) is 6.37 Å². The SMILES string of the molecule is [2H]C1([2H])C([2H])([2H])C2([2H])N(C(C)(C)C)C([2H])(C1([2H])[2H])C([2H])([2H])C2([2H])[2H]. The first kappa shape index (κ1) is 2.31. The molecule has 2 rings (SSSR count). The fourth-order valence-corrected chi connectivity index (χ4v) is 1.34. The normalized spacial score (nSPS) is 85.2. The molecule has 2 fully saturated rings. The molecule has 70 valence electrons. The van der Waals surface area contributed by atoms with Crippen LogP contribution in [0.15, 0.2) is 0 Å². The van der Waals surface area contributed by atoms with Crippen LogP contribution >= 0.6 is 0 Å². The summed E-state index contributed by atoms with van der Waals surface area (Å²) in [5.74, 6) is 0. The maximum Gasteiger partial charge on any atom is 0.0467 e. The number of hydrogen-bond acceptors (Lipinski definition) is 1. The second-order valence-corrected chi connectivity index (χ2v) is 3.83. The fourth-order valence-electron chi connectivity index (χ4n) is 1.34. The summed E-state index contributed by atoms with van der Waals surface area (Å²) in [4.78, 5) is 0.536. The summed E-state index contributed by atoms with van der Waals surface area (Å²) >= 11 is 0. The maximum absolute atomic E-state index is 8.55. The topological polar surface area (TPSA) is 3.24 Å². The minimum atomic E-state index is -3.47. The maximum atomic E-state index is 8.55. The Hall–Kier alpha value is -0.0400. The van der Waals surface area contributed by atoms with Crippen molar-refractivity contribution in [2.75, 3.05) is 0 Å². The van der Waals surface area contributed by atoms with Gasteiger partial charge in [-0.25, -0.2) is 0 Å². The van der Waals surface area contributed by atoms with Crippen LogP contribution in [0, 0.1) is 0 Å². The van der Waals surface area contributed by atoms with E-state index >= 15 is 0 Å². The highest BCUT2D eigenvalue weighted by Crippen LogP contribution is 2.39. The summed E-state index contributed by atoms with van der Waals surface area (Å²) in [6.45, 7) is 4.18. The lowest BCUT2D eigenvalue weighted by Crippen LogP contribution is -2.51. The molecule has 1 nitrogen and oxygen atoms in total. The van der Waals surface area contributed by atoms with Crippen molar-refractivity contribution < 1.29 is 16.4 Å². The van der Waals surface area contributed by atoms with Crippen molar-refractivity contribution in [1.29, 1.82) is 0 Å². The minimum absolute atomic E-state index is 0.536. The van der Waals surface area contributed by atoms with Crippen LogP contribution in [0.3, 0.4) is 0 Å². The van der Waals surface area contributed by atoms with Gasteiger partial charge in [0.05, 0.1) is 0 Å². The zero-order chi connectivity index (χ0) is 19.6. The molecule has 2 atom stereocenters. The standard InChI is InChI=1S/C11H21N/c1-11(2,3)12-9-5-4-6-10(12)8-7-9/h9-10H,4-8H2,1-3H3/i4D2,5D2,6D2,7D2,8D2,9D,10D. The second-order valence-electron chi connectivity index (χ2n) is 3.83. The van der Waals surface area contributed by atoms with Crippen LogP contribution in [0.2, 0.25) is 0 Å². The molecule has 0 spiro atoms. The van der Waals surface area contributed by atoms with Crippen molar-refractivity contribution in [1.82, 2.24) is 4.90 Å². The van der Waals surface area contributed by atoms with Crippen molar-refractivity contribution >= 4 is 0 Å². The zero-order valence-corrected chi connectivity index (χ0v) is 7.45. The number of fused-ring (bicyclic) bond motifs is 2. The molecular weight excluding hydrogens is 146 g/mol. The molecule has 2 aliphatic rings. The van der Waals surface area contributed by atoms with Crippen LogP contribution in [0.5, 0.6) is 0 Å². The van der Waals surface area contributed by atoms with Gasteiger partial charge < -0.3 is 0 Å². The van der Waals surface area contributed by atoms with Gasteiger partial charge in [0.1, 0.15) is 0 Å². The molecular formula is C11H21N. The Morgan fingerprint density at radius 2 is 1.67 bits per heavy atom. The molecule has 0 aromatic heterocycles. The molecule has 0 aliphatic carbocycles. The van der Waals surface area contributed by atoms with Crippen LogP contribution in [0.1, 0.15) is 69.1 Å². The Bertz CT molecular complexity index is 536. The Labute approximate surface area is 93.0 Å². The average molecular weight is 179 g/mol. The van der Waals surface area contributed by atoms with Gasteiger partial charge in [0.25, 0.3) is 0 Å². The van der Waals surface area contributed by atoms with Crippen LogP contribution in [0.4, 0.5) is 0 Å². The fraction of sp³-hybridized carbons (Fsp3) is 1.00. The lowest BCUT2D eigenvalue weighted by molar-refractivity contribution is 0.0441. The van der Waals surface area contributed by atoms with E-state index in [4.69, 9.17) is 16.4 Å². The molecule has 2 heterocycles. The first-order valence-corrected chi connectivity index (χ1v) is 3.92. The van der Waals surface area contributed by atoms with Crippen LogP contribution in [0.25, 0.3) is 0 Å². The smallest absolute Gasteiger partial charge is 0.0467 e. The van der Waals surface area contributed by atoms with Gasteiger partial charge in [-0.2, -0.15) is 0 Å². The number of rotatable bonds is 0. The van der Waals surface area contributed by atoms with E-state index in [1.165, 1.54) is 20.8 Å². The van der Waals surface area contributed by atoms with Gasteiger partial charge in [0.2, 0.25) is 0 Å². The van der Waals surface area contributed by atoms with Crippen LogP contribution < -0.4 is 0 Å². The Morgan fingerprint density at radius 3 is 2.08 bits per heavy atom. The monoisotopic (exact) mass is 179 g/mol. The third kappa shape index (κ3) is 1.28. The summed E-state index contributed by atoms with van der Waals surface area (Å²) in [6, 6.07) is -6.31. The summed E-state index contributed by atoms with van der Waals surface area (Å²) in [7, 11) is 0. The molecule has 0 aromatic rings. The second kappa shape index (κ2) is 2.73. The molecule has 0 N–H and O–H groups in total. The van der Waals surface area contributed by atoms with E-state index in [-0.39, 0.29) is 0 Å². The summed E-state index contributed by atoms with van der Waals surface area (Å²) < 4.78 is 98.0. The average Bonchev–Trinajstić information content (AvgIpc) is 2.42. The van der Waals surface area contributed by atoms with Crippen molar-refractivity contribution in [2.45, 2.75) is 70.2 Å². The van der Waals surface area contributed by atoms with E-state index in [0.717, 1.165) is 0 Å². The third-order valence-corrected chi connectivity index (χ3v) is 1.78. The van der Waals surface area contributed by atoms with Crippen molar-refractivity contribution in [3.8, 4) is 0 Å². The first-order chi connectivity index (χ1) is 10.1. The lowest BCUT2D eigenvalue weighted by Gasteiger charge is -2.44. The molecule has 2 aliphatic heterocycles. The highest BCUT2D eigenvalue weighted by Gasteiger charge is 2.41.